The fourth-order valence-electron chi connectivity index (χ4n) is 2.16. The molecule has 3 rings (SSSR count). The molecule has 1 aromatic heterocycles. The van der Waals surface area contributed by atoms with E-state index in [1.165, 1.54) is 18.4 Å². The second kappa shape index (κ2) is 8.17. The molecule has 0 saturated heterocycles. The summed E-state index contributed by atoms with van der Waals surface area (Å²) < 4.78 is 1.85. The highest BCUT2D eigenvalue weighted by atomic mass is 127. The number of rotatable bonds is 5. The zero-order valence-electron chi connectivity index (χ0n) is 12.7. The predicted molar refractivity (Wildman–Crippen MR) is 99.9 cm³/mol. The molecule has 2 N–H and O–H groups in total. The number of aliphatic imine (C=N–C) groups is 1. The number of nitrogens with one attached hydrogen (secondary N) is 2. The van der Waals surface area contributed by atoms with Gasteiger partial charge in [0.2, 0.25) is 0 Å². The highest BCUT2D eigenvalue weighted by Crippen LogP contribution is 2.27. The molecule has 0 atom stereocenters. The van der Waals surface area contributed by atoms with E-state index in [9.17, 15) is 0 Å². The van der Waals surface area contributed by atoms with Crippen LogP contribution in [0.2, 0.25) is 0 Å². The van der Waals surface area contributed by atoms with Crippen molar-refractivity contribution in [2.24, 2.45) is 10.9 Å². The third-order valence-corrected chi connectivity index (χ3v) is 3.64. The van der Waals surface area contributed by atoms with E-state index in [2.05, 4.69) is 45.0 Å². The molecule has 0 aliphatic heterocycles. The largest absolute Gasteiger partial charge is 0.356 e. The molecule has 2 aromatic rings. The molecule has 0 bridgehead atoms. The summed E-state index contributed by atoms with van der Waals surface area (Å²) in [6.45, 7) is 1.79. The number of benzene rings is 1. The first-order valence-electron chi connectivity index (χ1n) is 7.38. The van der Waals surface area contributed by atoms with Gasteiger partial charge in [-0.2, -0.15) is 5.10 Å². The van der Waals surface area contributed by atoms with Gasteiger partial charge in [0, 0.05) is 32.5 Å². The lowest BCUT2D eigenvalue weighted by molar-refractivity contribution is 0.737. The molecular formula is C16H22IN5. The Bertz CT molecular complexity index is 588. The summed E-state index contributed by atoms with van der Waals surface area (Å²) in [6.07, 6.45) is 6.42. The van der Waals surface area contributed by atoms with Gasteiger partial charge in [-0.25, -0.2) is 4.68 Å². The van der Waals surface area contributed by atoms with E-state index in [0.29, 0.717) is 0 Å². The number of hydrogen-bond donors (Lipinski definition) is 2. The Balaban J connectivity index is 0.00000176. The molecule has 1 fully saturated rings. The SMILES string of the molecule is CN=C(NCc1ccc(-n2cccn2)cc1)NCC1CC1.I. The maximum absolute atomic E-state index is 4.24. The number of nitrogens with zero attached hydrogens (tertiary/aromatic N) is 3. The van der Waals surface area contributed by atoms with Crippen molar-refractivity contribution in [2.75, 3.05) is 13.6 Å². The van der Waals surface area contributed by atoms with E-state index in [0.717, 1.165) is 30.7 Å². The van der Waals surface area contributed by atoms with Crippen LogP contribution in [0.4, 0.5) is 0 Å². The van der Waals surface area contributed by atoms with Gasteiger partial charge in [0.15, 0.2) is 5.96 Å². The fourth-order valence-corrected chi connectivity index (χ4v) is 2.16. The molecule has 0 radical (unpaired) electrons. The smallest absolute Gasteiger partial charge is 0.191 e. The van der Waals surface area contributed by atoms with Crippen LogP contribution in [0.5, 0.6) is 0 Å². The molecule has 1 aromatic carbocycles. The topological polar surface area (TPSA) is 54.2 Å². The zero-order valence-corrected chi connectivity index (χ0v) is 15.0. The summed E-state index contributed by atoms with van der Waals surface area (Å²) in [5.41, 5.74) is 2.29. The van der Waals surface area contributed by atoms with Gasteiger partial charge in [-0.3, -0.25) is 4.99 Å². The Morgan fingerprint density at radius 1 is 1.27 bits per heavy atom. The Hall–Kier alpha value is -1.57. The standard InChI is InChI=1S/C16H21N5.HI/c1-17-16(18-11-13-3-4-13)19-12-14-5-7-15(8-6-14)21-10-2-9-20-21;/h2,5-10,13H,3-4,11-12H2,1H3,(H2,17,18,19);1H. The fraction of sp³-hybridized carbons (Fsp3) is 0.375. The maximum atomic E-state index is 4.24. The minimum absolute atomic E-state index is 0. The Labute approximate surface area is 148 Å². The maximum Gasteiger partial charge on any atom is 0.191 e. The van der Waals surface area contributed by atoms with Crippen LogP contribution in [0, 0.1) is 5.92 Å². The average Bonchev–Trinajstić information content (AvgIpc) is 3.19. The Morgan fingerprint density at radius 3 is 2.64 bits per heavy atom. The molecule has 1 saturated carbocycles. The quantitative estimate of drug-likeness (QED) is 0.452. The molecule has 1 aliphatic carbocycles. The lowest BCUT2D eigenvalue weighted by Gasteiger charge is -2.11. The van der Waals surface area contributed by atoms with Gasteiger partial charge in [-0.05, 0) is 42.5 Å². The number of guanidine groups is 1. The van der Waals surface area contributed by atoms with Gasteiger partial charge in [-0.1, -0.05) is 12.1 Å². The van der Waals surface area contributed by atoms with Crippen LogP contribution in [0.1, 0.15) is 18.4 Å². The average molecular weight is 411 g/mol. The van der Waals surface area contributed by atoms with Crippen molar-refractivity contribution in [1.82, 2.24) is 20.4 Å². The van der Waals surface area contributed by atoms with Crippen molar-refractivity contribution in [3.8, 4) is 5.69 Å². The third-order valence-electron chi connectivity index (χ3n) is 3.64. The van der Waals surface area contributed by atoms with Gasteiger partial charge in [0.05, 0.1) is 5.69 Å². The van der Waals surface area contributed by atoms with Crippen LogP contribution in [-0.2, 0) is 6.54 Å². The lowest BCUT2D eigenvalue weighted by Crippen LogP contribution is -2.37. The van der Waals surface area contributed by atoms with Crippen LogP contribution in [0.15, 0.2) is 47.7 Å². The molecule has 0 unspecified atom stereocenters. The Kier molecular flexibility index (Phi) is 6.23. The minimum Gasteiger partial charge on any atom is -0.356 e. The van der Waals surface area contributed by atoms with Crippen molar-refractivity contribution >= 4 is 29.9 Å². The van der Waals surface area contributed by atoms with E-state index in [1.807, 2.05) is 24.0 Å². The highest BCUT2D eigenvalue weighted by Gasteiger charge is 2.20. The van der Waals surface area contributed by atoms with Crippen LogP contribution in [0.3, 0.4) is 0 Å². The summed E-state index contributed by atoms with van der Waals surface area (Å²) in [4.78, 5) is 4.24. The molecule has 5 nitrogen and oxygen atoms in total. The van der Waals surface area contributed by atoms with Gasteiger partial charge < -0.3 is 10.6 Å². The molecule has 118 valence electrons. The highest BCUT2D eigenvalue weighted by molar-refractivity contribution is 14.0. The van der Waals surface area contributed by atoms with Crippen LogP contribution >= 0.6 is 24.0 Å². The van der Waals surface area contributed by atoms with Crippen molar-refractivity contribution in [3.63, 3.8) is 0 Å². The lowest BCUT2D eigenvalue weighted by atomic mass is 10.2. The van der Waals surface area contributed by atoms with E-state index < -0.39 is 0 Å². The normalized spacial score (nSPS) is 14.3. The third kappa shape index (κ3) is 4.72. The molecular weight excluding hydrogens is 389 g/mol. The van der Waals surface area contributed by atoms with Crippen molar-refractivity contribution in [3.05, 3.63) is 48.3 Å². The van der Waals surface area contributed by atoms with Crippen LogP contribution in [0.25, 0.3) is 5.69 Å². The number of aromatic nitrogens is 2. The summed E-state index contributed by atoms with van der Waals surface area (Å²) in [5, 5.41) is 10.9. The number of halogens is 1. The predicted octanol–water partition coefficient (Wildman–Crippen LogP) is 2.57. The van der Waals surface area contributed by atoms with Crippen LogP contribution < -0.4 is 10.6 Å². The Morgan fingerprint density at radius 2 is 2.05 bits per heavy atom. The minimum atomic E-state index is 0. The molecule has 22 heavy (non-hydrogen) atoms. The summed E-state index contributed by atoms with van der Waals surface area (Å²) in [5.74, 6) is 1.72. The van der Waals surface area contributed by atoms with E-state index >= 15 is 0 Å². The molecule has 0 amide bonds. The van der Waals surface area contributed by atoms with Crippen LogP contribution in [-0.4, -0.2) is 29.3 Å². The first kappa shape index (κ1) is 16.8. The van der Waals surface area contributed by atoms with Gasteiger partial charge in [0.25, 0.3) is 0 Å². The molecule has 0 spiro atoms. The van der Waals surface area contributed by atoms with E-state index in [4.69, 9.17) is 0 Å². The van der Waals surface area contributed by atoms with Gasteiger partial charge in [0.1, 0.15) is 0 Å². The zero-order chi connectivity index (χ0) is 14.5. The van der Waals surface area contributed by atoms with Crippen molar-refractivity contribution < 1.29 is 0 Å². The van der Waals surface area contributed by atoms with E-state index in [1.54, 1.807) is 6.20 Å². The molecule has 6 heteroatoms. The first-order chi connectivity index (χ1) is 10.3. The summed E-state index contributed by atoms with van der Waals surface area (Å²) >= 11 is 0. The first-order valence-corrected chi connectivity index (χ1v) is 7.38. The van der Waals surface area contributed by atoms with Crippen molar-refractivity contribution in [1.29, 1.82) is 0 Å². The monoisotopic (exact) mass is 411 g/mol. The van der Waals surface area contributed by atoms with E-state index in [-0.39, 0.29) is 24.0 Å². The molecule has 1 heterocycles. The molecule has 1 aliphatic rings. The second-order valence-electron chi connectivity index (χ2n) is 5.37. The second-order valence-corrected chi connectivity index (χ2v) is 5.37. The van der Waals surface area contributed by atoms with Gasteiger partial charge >= 0.3 is 0 Å². The van der Waals surface area contributed by atoms with Gasteiger partial charge in [-0.15, -0.1) is 24.0 Å². The summed E-state index contributed by atoms with van der Waals surface area (Å²) in [6, 6.07) is 10.3. The summed E-state index contributed by atoms with van der Waals surface area (Å²) in [7, 11) is 1.81. The van der Waals surface area contributed by atoms with Crippen molar-refractivity contribution in [2.45, 2.75) is 19.4 Å². The number of hydrogen-bond acceptors (Lipinski definition) is 2.